The Morgan fingerprint density at radius 2 is 1.78 bits per heavy atom. The van der Waals surface area contributed by atoms with Gasteiger partial charge in [-0.05, 0) is 99.3 Å². The molecule has 4 aromatic carbocycles. The van der Waals surface area contributed by atoms with Crippen LogP contribution >= 0.6 is 27.7 Å². The predicted octanol–water partition coefficient (Wildman–Crippen LogP) is 7.56. The maximum atomic E-state index is 13.1. The van der Waals surface area contributed by atoms with Crippen molar-refractivity contribution in [3.8, 4) is 11.5 Å². The van der Waals surface area contributed by atoms with Crippen LogP contribution in [0.1, 0.15) is 23.6 Å². The van der Waals surface area contributed by atoms with E-state index in [1.807, 2.05) is 56.3 Å². The summed E-state index contributed by atoms with van der Waals surface area (Å²) >= 11 is 4.39. The maximum Gasteiger partial charge on any atom is 0.294 e. The van der Waals surface area contributed by atoms with E-state index in [9.17, 15) is 14.4 Å². The average Bonchev–Trinajstić information content (AvgIpc) is 3.20. The second kappa shape index (κ2) is 12.6. The highest BCUT2D eigenvalue weighted by Crippen LogP contribution is 2.40. The largest absolute Gasteiger partial charge is 0.490 e. The standard InChI is InChI=1S/C32H27BrN2O5S/c1-3-39-27-16-21(15-26(33)30(27)40-19-23-11-7-10-22-9-4-5-13-25(22)23)17-28-31(37)35(32(38)41-28)18-29(36)34-24-12-6-8-20(2)14-24/h4-17H,3,18-19H2,1-2H3,(H,34,36)/b28-17+. The molecule has 0 unspecified atom stereocenters. The van der Waals surface area contributed by atoms with Crippen LogP contribution in [0.15, 0.2) is 88.2 Å². The SMILES string of the molecule is CCOc1cc(/C=C2/SC(=O)N(CC(=O)Nc3cccc(C)c3)C2=O)cc(Br)c1OCc1cccc2ccccc12. The number of nitrogens with zero attached hydrogens (tertiary/aromatic N) is 1. The number of benzene rings is 4. The van der Waals surface area contributed by atoms with Crippen molar-refractivity contribution in [2.45, 2.75) is 20.5 Å². The Hall–Kier alpha value is -4.08. The smallest absolute Gasteiger partial charge is 0.294 e. The lowest BCUT2D eigenvalue weighted by atomic mass is 10.1. The van der Waals surface area contributed by atoms with Crippen molar-refractivity contribution in [2.75, 3.05) is 18.5 Å². The number of carbonyl (C=O) groups excluding carboxylic acids is 3. The monoisotopic (exact) mass is 630 g/mol. The summed E-state index contributed by atoms with van der Waals surface area (Å²) in [5.41, 5.74) is 3.28. The van der Waals surface area contributed by atoms with Crippen molar-refractivity contribution in [3.63, 3.8) is 0 Å². The van der Waals surface area contributed by atoms with E-state index in [-0.39, 0.29) is 11.4 Å². The summed E-state index contributed by atoms with van der Waals surface area (Å²) < 4.78 is 12.7. The first-order valence-electron chi connectivity index (χ1n) is 13.0. The fraction of sp³-hybridized carbons (Fsp3) is 0.156. The van der Waals surface area contributed by atoms with Gasteiger partial charge in [0.25, 0.3) is 11.1 Å². The number of hydrogen-bond donors (Lipinski definition) is 1. The number of nitrogens with one attached hydrogen (secondary N) is 1. The number of fused-ring (bicyclic) bond motifs is 1. The summed E-state index contributed by atoms with van der Waals surface area (Å²) in [4.78, 5) is 39.4. The van der Waals surface area contributed by atoms with Gasteiger partial charge in [-0.25, -0.2) is 0 Å². The highest BCUT2D eigenvalue weighted by molar-refractivity contribution is 9.10. The van der Waals surface area contributed by atoms with Gasteiger partial charge in [0.2, 0.25) is 5.91 Å². The quantitative estimate of drug-likeness (QED) is 0.192. The van der Waals surface area contributed by atoms with Crippen LogP contribution in [0.5, 0.6) is 11.5 Å². The lowest BCUT2D eigenvalue weighted by molar-refractivity contribution is -0.127. The number of imide groups is 1. The van der Waals surface area contributed by atoms with Gasteiger partial charge in [0.1, 0.15) is 13.2 Å². The number of hydrogen-bond acceptors (Lipinski definition) is 6. The van der Waals surface area contributed by atoms with Crippen LogP contribution in [0.2, 0.25) is 0 Å². The van der Waals surface area contributed by atoms with Crippen LogP contribution in [0.4, 0.5) is 10.5 Å². The van der Waals surface area contributed by atoms with Gasteiger partial charge in [-0.3, -0.25) is 19.3 Å². The molecule has 1 heterocycles. The van der Waals surface area contributed by atoms with Crippen LogP contribution in [0.3, 0.4) is 0 Å². The van der Waals surface area contributed by atoms with Gasteiger partial charge >= 0.3 is 0 Å². The molecule has 0 atom stereocenters. The van der Waals surface area contributed by atoms with Crippen molar-refractivity contribution in [1.29, 1.82) is 0 Å². The number of carbonyl (C=O) groups is 3. The predicted molar refractivity (Wildman–Crippen MR) is 166 cm³/mol. The third kappa shape index (κ3) is 6.64. The van der Waals surface area contributed by atoms with Crippen molar-refractivity contribution < 1.29 is 23.9 Å². The molecule has 1 N–H and O–H groups in total. The fourth-order valence-corrected chi connectivity index (χ4v) is 5.91. The molecular formula is C32H27BrN2O5S. The van der Waals surface area contributed by atoms with E-state index in [0.717, 1.165) is 38.6 Å². The summed E-state index contributed by atoms with van der Waals surface area (Å²) in [7, 11) is 0. The summed E-state index contributed by atoms with van der Waals surface area (Å²) in [6.07, 6.45) is 1.62. The molecule has 0 aromatic heterocycles. The molecule has 1 saturated heterocycles. The molecule has 5 rings (SSSR count). The molecule has 0 radical (unpaired) electrons. The van der Waals surface area contributed by atoms with Crippen LogP contribution in [-0.4, -0.2) is 35.1 Å². The Bertz CT molecular complexity index is 1680. The van der Waals surface area contributed by atoms with Gasteiger partial charge in [-0.1, -0.05) is 54.6 Å². The minimum Gasteiger partial charge on any atom is -0.490 e. The van der Waals surface area contributed by atoms with Gasteiger partial charge in [-0.15, -0.1) is 0 Å². The average molecular weight is 632 g/mol. The van der Waals surface area contributed by atoms with Gasteiger partial charge in [-0.2, -0.15) is 0 Å². The normalized spacial score (nSPS) is 14.1. The molecule has 7 nitrogen and oxygen atoms in total. The van der Waals surface area contributed by atoms with Gasteiger partial charge in [0, 0.05) is 5.69 Å². The highest BCUT2D eigenvalue weighted by Gasteiger charge is 2.36. The van der Waals surface area contributed by atoms with Crippen LogP contribution < -0.4 is 14.8 Å². The molecule has 1 aliphatic heterocycles. The third-order valence-electron chi connectivity index (χ3n) is 6.36. The zero-order valence-corrected chi connectivity index (χ0v) is 24.9. The second-order valence-electron chi connectivity index (χ2n) is 9.38. The van der Waals surface area contributed by atoms with Crippen LogP contribution in [0.25, 0.3) is 16.8 Å². The lowest BCUT2D eigenvalue weighted by Gasteiger charge is -2.16. The van der Waals surface area contributed by atoms with E-state index in [1.165, 1.54) is 0 Å². The molecular weight excluding hydrogens is 604 g/mol. The first-order chi connectivity index (χ1) is 19.8. The Kier molecular flexibility index (Phi) is 8.75. The fourth-order valence-electron chi connectivity index (χ4n) is 4.50. The second-order valence-corrected chi connectivity index (χ2v) is 11.2. The molecule has 1 aliphatic rings. The molecule has 0 spiro atoms. The maximum absolute atomic E-state index is 13.1. The van der Waals surface area contributed by atoms with Crippen molar-refractivity contribution >= 4 is 67.3 Å². The molecule has 0 aliphatic carbocycles. The molecule has 3 amide bonds. The Balaban J connectivity index is 1.32. The van der Waals surface area contributed by atoms with Crippen molar-refractivity contribution in [2.24, 2.45) is 0 Å². The van der Waals surface area contributed by atoms with Crippen LogP contribution in [0, 0.1) is 6.92 Å². The minimum absolute atomic E-state index is 0.220. The first kappa shape index (κ1) is 28.4. The van der Waals surface area contributed by atoms with Crippen molar-refractivity contribution in [1.82, 2.24) is 4.90 Å². The number of rotatable bonds is 9. The van der Waals surface area contributed by atoms with E-state index < -0.39 is 17.1 Å². The summed E-state index contributed by atoms with van der Waals surface area (Å²) in [5, 5.41) is 4.48. The van der Waals surface area contributed by atoms with E-state index in [2.05, 4.69) is 39.4 Å². The number of anilines is 1. The molecule has 9 heteroatoms. The van der Waals surface area contributed by atoms with Gasteiger partial charge < -0.3 is 14.8 Å². The number of ether oxygens (including phenoxy) is 2. The molecule has 41 heavy (non-hydrogen) atoms. The topological polar surface area (TPSA) is 84.9 Å². The number of amides is 3. The van der Waals surface area contributed by atoms with Gasteiger partial charge in [0.15, 0.2) is 11.5 Å². The molecule has 1 fully saturated rings. The summed E-state index contributed by atoms with van der Waals surface area (Å²) in [6, 6.07) is 25.1. The zero-order valence-electron chi connectivity index (χ0n) is 22.5. The minimum atomic E-state index is -0.523. The Labute approximate surface area is 250 Å². The van der Waals surface area contributed by atoms with E-state index in [4.69, 9.17) is 9.47 Å². The Morgan fingerprint density at radius 1 is 1.00 bits per heavy atom. The number of halogens is 1. The Morgan fingerprint density at radius 3 is 2.59 bits per heavy atom. The number of aryl methyl sites for hydroxylation is 1. The van der Waals surface area contributed by atoms with E-state index in [0.29, 0.717) is 40.4 Å². The molecule has 0 bridgehead atoms. The third-order valence-corrected chi connectivity index (χ3v) is 7.85. The first-order valence-corrected chi connectivity index (χ1v) is 14.6. The van der Waals surface area contributed by atoms with E-state index >= 15 is 0 Å². The van der Waals surface area contributed by atoms with E-state index in [1.54, 1.807) is 24.3 Å². The molecule has 0 saturated carbocycles. The van der Waals surface area contributed by atoms with Crippen LogP contribution in [-0.2, 0) is 16.2 Å². The zero-order chi connectivity index (χ0) is 28.9. The molecule has 208 valence electrons. The van der Waals surface area contributed by atoms with Gasteiger partial charge in [0.05, 0.1) is 16.0 Å². The number of thioether (sulfide) groups is 1. The summed E-state index contributed by atoms with van der Waals surface area (Å²) in [5.74, 6) is 0.0703. The van der Waals surface area contributed by atoms with Crippen molar-refractivity contribution in [3.05, 3.63) is 105 Å². The molecule has 4 aromatic rings. The summed E-state index contributed by atoms with van der Waals surface area (Å²) in [6.45, 7) is 4.17. The lowest BCUT2D eigenvalue weighted by Crippen LogP contribution is -2.36. The highest BCUT2D eigenvalue weighted by atomic mass is 79.9.